The number of imide groups is 1. The summed E-state index contributed by atoms with van der Waals surface area (Å²) in [5, 5.41) is 8.84. The van der Waals surface area contributed by atoms with Crippen LogP contribution in [0.1, 0.15) is 17.7 Å². The third kappa shape index (κ3) is 2.44. The van der Waals surface area contributed by atoms with Crippen LogP contribution in [0.15, 0.2) is 52.4 Å². The lowest BCUT2D eigenvalue weighted by molar-refractivity contribution is -0.133. The summed E-state index contributed by atoms with van der Waals surface area (Å²) >= 11 is 1.54. The number of para-hydroxylation sites is 1. The van der Waals surface area contributed by atoms with Crippen LogP contribution >= 0.6 is 11.3 Å². The van der Waals surface area contributed by atoms with Crippen molar-refractivity contribution >= 4 is 23.3 Å². The fourth-order valence-corrected chi connectivity index (χ4v) is 4.27. The average molecular weight is 381 g/mol. The molecule has 4 heterocycles. The largest absolute Gasteiger partial charge is 0.493 e. The number of carbonyl (C=O) groups excluding carboxylic acids is 2. The van der Waals surface area contributed by atoms with Gasteiger partial charge in [0.1, 0.15) is 11.4 Å². The molecule has 0 aliphatic carbocycles. The zero-order valence-electron chi connectivity index (χ0n) is 14.2. The predicted molar refractivity (Wildman–Crippen MR) is 97.1 cm³/mol. The Kier molecular flexibility index (Phi) is 3.54. The van der Waals surface area contributed by atoms with E-state index in [4.69, 9.17) is 9.26 Å². The Labute approximate surface area is 158 Å². The first-order chi connectivity index (χ1) is 13.2. The molecule has 2 aliphatic rings. The fourth-order valence-electron chi connectivity index (χ4n) is 3.60. The summed E-state index contributed by atoms with van der Waals surface area (Å²) in [6, 6.07) is 12.5. The number of urea groups is 1. The number of fused-ring (bicyclic) bond motifs is 2. The smallest absolute Gasteiger partial charge is 0.325 e. The summed E-state index contributed by atoms with van der Waals surface area (Å²) < 4.78 is 11.0. The molecule has 2 aromatic heterocycles. The van der Waals surface area contributed by atoms with E-state index in [0.717, 1.165) is 4.88 Å². The van der Waals surface area contributed by atoms with Gasteiger partial charge < -0.3 is 14.6 Å². The second kappa shape index (κ2) is 5.95. The van der Waals surface area contributed by atoms with Gasteiger partial charge in [0.05, 0.1) is 18.0 Å². The van der Waals surface area contributed by atoms with Crippen LogP contribution in [0.2, 0.25) is 0 Å². The Morgan fingerprint density at radius 2 is 2.11 bits per heavy atom. The van der Waals surface area contributed by atoms with Crippen molar-refractivity contribution in [1.82, 2.24) is 15.4 Å². The van der Waals surface area contributed by atoms with Crippen molar-refractivity contribution in [3.8, 4) is 16.4 Å². The number of ether oxygens (including phenoxy) is 1. The Bertz CT molecular complexity index is 1030. The molecule has 3 aromatic rings. The molecule has 5 rings (SSSR count). The quantitative estimate of drug-likeness (QED) is 0.705. The molecule has 8 heteroatoms. The highest BCUT2D eigenvalue weighted by Crippen LogP contribution is 2.41. The van der Waals surface area contributed by atoms with E-state index in [2.05, 4.69) is 10.5 Å². The molecule has 27 heavy (non-hydrogen) atoms. The maximum atomic E-state index is 13.2. The van der Waals surface area contributed by atoms with Gasteiger partial charge in [0.15, 0.2) is 11.3 Å². The van der Waals surface area contributed by atoms with Crippen molar-refractivity contribution in [2.45, 2.75) is 18.5 Å². The Morgan fingerprint density at radius 3 is 2.96 bits per heavy atom. The third-order valence-electron chi connectivity index (χ3n) is 4.90. The van der Waals surface area contributed by atoms with Crippen molar-refractivity contribution in [3.05, 3.63) is 59.1 Å². The highest BCUT2D eigenvalue weighted by atomic mass is 32.1. The van der Waals surface area contributed by atoms with Crippen molar-refractivity contribution < 1.29 is 18.8 Å². The minimum absolute atomic E-state index is 0.0598. The van der Waals surface area contributed by atoms with Crippen molar-refractivity contribution in [2.24, 2.45) is 0 Å². The molecule has 2 aliphatic heterocycles. The number of aromatic nitrogens is 1. The fraction of sp³-hybridized carbons (Fsp3) is 0.211. The van der Waals surface area contributed by atoms with E-state index in [0.29, 0.717) is 35.8 Å². The van der Waals surface area contributed by atoms with E-state index < -0.39 is 11.6 Å². The van der Waals surface area contributed by atoms with Gasteiger partial charge in [-0.05, 0) is 17.5 Å². The molecular weight excluding hydrogens is 366 g/mol. The highest BCUT2D eigenvalue weighted by Gasteiger charge is 2.54. The zero-order chi connectivity index (χ0) is 18.4. The van der Waals surface area contributed by atoms with Crippen molar-refractivity contribution in [1.29, 1.82) is 0 Å². The molecular formula is C19H15N3O4S. The summed E-state index contributed by atoms with van der Waals surface area (Å²) in [5.74, 6) is 0.961. The number of hydrogen-bond acceptors (Lipinski definition) is 6. The molecule has 0 bridgehead atoms. The van der Waals surface area contributed by atoms with Crippen LogP contribution in [0.5, 0.6) is 5.75 Å². The first-order valence-corrected chi connectivity index (χ1v) is 9.41. The van der Waals surface area contributed by atoms with Gasteiger partial charge in [0.25, 0.3) is 5.91 Å². The second-order valence-corrected chi connectivity index (χ2v) is 7.43. The Morgan fingerprint density at radius 1 is 1.22 bits per heavy atom. The van der Waals surface area contributed by atoms with Crippen LogP contribution in [-0.2, 0) is 16.9 Å². The minimum atomic E-state index is -1.08. The normalized spacial score (nSPS) is 21.3. The van der Waals surface area contributed by atoms with E-state index >= 15 is 0 Å². The van der Waals surface area contributed by atoms with Crippen LogP contribution in [0.25, 0.3) is 10.6 Å². The second-order valence-electron chi connectivity index (χ2n) is 6.48. The number of hydrogen-bond donors (Lipinski definition) is 1. The standard InChI is InChI=1S/C19H15N3O4S/c23-17-19(7-8-25-14-5-2-1-4-13(14)19)20-18(24)22(17)11-12-10-15(26-21-12)16-6-3-9-27-16/h1-6,9-10H,7-8,11H2,(H,20,24)/t19-/m1/s1. The van der Waals surface area contributed by atoms with E-state index in [1.165, 1.54) is 16.2 Å². The Hall–Kier alpha value is -3.13. The average Bonchev–Trinajstić information content (AvgIpc) is 3.40. The van der Waals surface area contributed by atoms with Gasteiger partial charge in [-0.25, -0.2) is 4.79 Å². The van der Waals surface area contributed by atoms with Gasteiger partial charge in [-0.1, -0.05) is 29.4 Å². The third-order valence-corrected chi connectivity index (χ3v) is 5.78. The first-order valence-electron chi connectivity index (χ1n) is 8.53. The first kappa shape index (κ1) is 16.1. The molecule has 1 saturated heterocycles. The van der Waals surface area contributed by atoms with Gasteiger partial charge in [0.2, 0.25) is 0 Å². The maximum absolute atomic E-state index is 13.2. The van der Waals surface area contributed by atoms with E-state index in [1.54, 1.807) is 6.07 Å². The van der Waals surface area contributed by atoms with Gasteiger partial charge >= 0.3 is 6.03 Å². The van der Waals surface area contributed by atoms with Gasteiger partial charge in [-0.2, -0.15) is 0 Å². The monoisotopic (exact) mass is 381 g/mol. The SMILES string of the molecule is O=C1N[C@@]2(CCOc3ccccc32)C(=O)N1Cc1cc(-c2cccs2)on1. The van der Waals surface area contributed by atoms with Crippen LogP contribution in [0.3, 0.4) is 0 Å². The molecule has 1 N–H and O–H groups in total. The predicted octanol–water partition coefficient (Wildman–Crippen LogP) is 3.13. The van der Waals surface area contributed by atoms with E-state index in [1.807, 2.05) is 41.8 Å². The molecule has 1 spiro atoms. The minimum Gasteiger partial charge on any atom is -0.493 e. The molecule has 136 valence electrons. The lowest BCUT2D eigenvalue weighted by atomic mass is 9.84. The summed E-state index contributed by atoms with van der Waals surface area (Å²) in [6.45, 7) is 0.424. The topological polar surface area (TPSA) is 84.7 Å². The van der Waals surface area contributed by atoms with Crippen molar-refractivity contribution in [3.63, 3.8) is 0 Å². The molecule has 0 unspecified atom stereocenters. The van der Waals surface area contributed by atoms with E-state index in [9.17, 15) is 9.59 Å². The van der Waals surface area contributed by atoms with Gasteiger partial charge in [-0.3, -0.25) is 9.69 Å². The van der Waals surface area contributed by atoms with Gasteiger partial charge in [0, 0.05) is 18.1 Å². The summed E-state index contributed by atoms with van der Waals surface area (Å²) in [5.41, 5.74) is 0.141. The lowest BCUT2D eigenvalue weighted by Gasteiger charge is -2.33. The summed E-state index contributed by atoms with van der Waals surface area (Å²) in [6.07, 6.45) is 0.393. The molecule has 0 saturated carbocycles. The van der Waals surface area contributed by atoms with Crippen molar-refractivity contribution in [2.75, 3.05) is 6.61 Å². The molecule has 1 fully saturated rings. The van der Waals surface area contributed by atoms with Gasteiger partial charge in [-0.15, -0.1) is 11.3 Å². The molecule has 1 aromatic carbocycles. The number of rotatable bonds is 3. The lowest BCUT2D eigenvalue weighted by Crippen LogP contribution is -2.47. The molecule has 1 atom stereocenters. The van der Waals surface area contributed by atoms with Crippen LogP contribution in [-0.4, -0.2) is 28.6 Å². The number of amides is 3. The van der Waals surface area contributed by atoms with Crippen LogP contribution in [0.4, 0.5) is 4.79 Å². The summed E-state index contributed by atoms with van der Waals surface area (Å²) in [4.78, 5) is 28.0. The number of carbonyl (C=O) groups is 2. The molecule has 0 radical (unpaired) electrons. The number of benzene rings is 1. The number of nitrogens with one attached hydrogen (secondary N) is 1. The van der Waals surface area contributed by atoms with E-state index in [-0.39, 0.29) is 12.5 Å². The summed E-state index contributed by atoms with van der Waals surface area (Å²) in [7, 11) is 0. The Balaban J connectivity index is 1.44. The molecule has 3 amide bonds. The highest BCUT2D eigenvalue weighted by molar-refractivity contribution is 7.13. The van der Waals surface area contributed by atoms with Crippen LogP contribution < -0.4 is 10.1 Å². The zero-order valence-corrected chi connectivity index (χ0v) is 15.0. The number of thiophene rings is 1. The number of nitrogens with zero attached hydrogens (tertiary/aromatic N) is 2. The maximum Gasteiger partial charge on any atom is 0.325 e. The van der Waals surface area contributed by atoms with Crippen LogP contribution in [0, 0.1) is 0 Å². The molecule has 7 nitrogen and oxygen atoms in total.